The molecule has 0 aromatic heterocycles. The average molecular weight is 215 g/mol. The Kier molecular flexibility index (Phi) is 4.56. The lowest BCUT2D eigenvalue weighted by Crippen LogP contribution is -2.42. The molecule has 0 bridgehead atoms. The Labute approximate surface area is 93.2 Å². The molecular formula is C12H25NO2. The Morgan fingerprint density at radius 3 is 2.53 bits per heavy atom. The van der Waals surface area contributed by atoms with Crippen LogP contribution in [0.25, 0.3) is 0 Å². The first-order valence-corrected chi connectivity index (χ1v) is 5.94. The van der Waals surface area contributed by atoms with Gasteiger partial charge in [0.1, 0.15) is 0 Å². The summed E-state index contributed by atoms with van der Waals surface area (Å²) in [5, 5.41) is 13.2. The quantitative estimate of drug-likeness (QED) is 0.704. The van der Waals surface area contributed by atoms with Crippen molar-refractivity contribution in [2.75, 3.05) is 20.2 Å². The number of rotatable bonds is 6. The van der Waals surface area contributed by atoms with Crippen molar-refractivity contribution in [1.29, 1.82) is 0 Å². The molecule has 0 aromatic rings. The Bertz CT molecular complexity index is 186. The minimum Gasteiger partial charge on any atom is -0.388 e. The maximum Gasteiger partial charge on any atom is 0.0875 e. The molecule has 0 aliphatic heterocycles. The maximum absolute atomic E-state index is 9.99. The van der Waals surface area contributed by atoms with Crippen LogP contribution in [-0.2, 0) is 4.74 Å². The Balaban J connectivity index is 2.13. The van der Waals surface area contributed by atoms with Crippen LogP contribution in [0.2, 0.25) is 0 Å². The fourth-order valence-electron chi connectivity index (χ4n) is 1.72. The summed E-state index contributed by atoms with van der Waals surface area (Å²) in [5.74, 6) is 1.01. The minimum atomic E-state index is -0.686. The van der Waals surface area contributed by atoms with Gasteiger partial charge >= 0.3 is 0 Å². The third-order valence-corrected chi connectivity index (χ3v) is 3.54. The van der Waals surface area contributed by atoms with Crippen LogP contribution < -0.4 is 5.32 Å². The molecule has 1 atom stereocenters. The molecule has 0 amide bonds. The van der Waals surface area contributed by atoms with Crippen molar-refractivity contribution in [3.63, 3.8) is 0 Å². The molecule has 1 saturated carbocycles. The van der Waals surface area contributed by atoms with Crippen LogP contribution in [0, 0.1) is 11.8 Å². The van der Waals surface area contributed by atoms with Crippen molar-refractivity contribution in [3.8, 4) is 0 Å². The van der Waals surface area contributed by atoms with E-state index in [0.717, 1.165) is 25.3 Å². The van der Waals surface area contributed by atoms with Crippen molar-refractivity contribution in [2.45, 2.75) is 45.3 Å². The van der Waals surface area contributed by atoms with Gasteiger partial charge in [-0.25, -0.2) is 0 Å². The molecular weight excluding hydrogens is 190 g/mol. The molecule has 1 rings (SSSR count). The van der Waals surface area contributed by atoms with E-state index in [1.165, 1.54) is 0 Å². The largest absolute Gasteiger partial charge is 0.388 e. The first-order chi connectivity index (χ1) is 6.95. The Hall–Kier alpha value is -0.120. The van der Waals surface area contributed by atoms with Crippen molar-refractivity contribution in [3.05, 3.63) is 0 Å². The smallest absolute Gasteiger partial charge is 0.0875 e. The number of hydrogen-bond acceptors (Lipinski definition) is 3. The summed E-state index contributed by atoms with van der Waals surface area (Å²) in [6.45, 7) is 7.44. The number of aliphatic hydroxyl groups is 1. The van der Waals surface area contributed by atoms with Crippen LogP contribution in [0.3, 0.4) is 0 Å². The van der Waals surface area contributed by atoms with E-state index in [9.17, 15) is 5.11 Å². The molecule has 1 unspecified atom stereocenters. The average Bonchev–Trinajstić information content (AvgIpc) is 2.08. The monoisotopic (exact) mass is 215 g/mol. The molecule has 3 nitrogen and oxygen atoms in total. The standard InChI is InChI=1S/C12H25NO2/c1-9(2)12(3,14)8-15-11-5-10(6-11)7-13-4/h9-11,13-14H,5-8H2,1-4H3. The van der Waals surface area contributed by atoms with Crippen LogP contribution in [0.1, 0.15) is 33.6 Å². The van der Waals surface area contributed by atoms with E-state index < -0.39 is 5.60 Å². The number of nitrogens with one attached hydrogen (secondary N) is 1. The topological polar surface area (TPSA) is 41.5 Å². The fraction of sp³-hybridized carbons (Fsp3) is 1.00. The van der Waals surface area contributed by atoms with Crippen LogP contribution in [-0.4, -0.2) is 37.0 Å². The van der Waals surface area contributed by atoms with Crippen molar-refractivity contribution in [2.24, 2.45) is 11.8 Å². The van der Waals surface area contributed by atoms with Gasteiger partial charge in [0.15, 0.2) is 0 Å². The Morgan fingerprint density at radius 1 is 1.47 bits per heavy atom. The second kappa shape index (κ2) is 5.28. The Morgan fingerprint density at radius 2 is 2.07 bits per heavy atom. The van der Waals surface area contributed by atoms with Crippen molar-refractivity contribution in [1.82, 2.24) is 5.32 Å². The summed E-state index contributed by atoms with van der Waals surface area (Å²) < 4.78 is 5.70. The highest BCUT2D eigenvalue weighted by Crippen LogP contribution is 2.30. The summed E-state index contributed by atoms with van der Waals surface area (Å²) in [6.07, 6.45) is 2.64. The lowest BCUT2D eigenvalue weighted by atomic mass is 9.82. The van der Waals surface area contributed by atoms with Crippen LogP contribution >= 0.6 is 0 Å². The van der Waals surface area contributed by atoms with Crippen LogP contribution in [0.4, 0.5) is 0 Å². The zero-order chi connectivity index (χ0) is 11.5. The van der Waals surface area contributed by atoms with E-state index in [0.29, 0.717) is 12.7 Å². The normalized spacial score (nSPS) is 30.0. The third kappa shape index (κ3) is 3.74. The van der Waals surface area contributed by atoms with E-state index in [1.807, 2.05) is 27.8 Å². The first kappa shape index (κ1) is 12.9. The molecule has 0 spiro atoms. The molecule has 1 aliphatic rings. The van der Waals surface area contributed by atoms with E-state index >= 15 is 0 Å². The van der Waals surface area contributed by atoms with E-state index in [4.69, 9.17) is 4.74 Å². The molecule has 1 fully saturated rings. The number of ether oxygens (including phenoxy) is 1. The van der Waals surface area contributed by atoms with Gasteiger partial charge in [-0.05, 0) is 45.2 Å². The van der Waals surface area contributed by atoms with Gasteiger partial charge in [-0.1, -0.05) is 13.8 Å². The highest BCUT2D eigenvalue weighted by Gasteiger charge is 2.32. The third-order valence-electron chi connectivity index (χ3n) is 3.54. The van der Waals surface area contributed by atoms with Crippen LogP contribution in [0.5, 0.6) is 0 Å². The van der Waals surface area contributed by atoms with Gasteiger partial charge in [0.25, 0.3) is 0 Å². The fourth-order valence-corrected chi connectivity index (χ4v) is 1.72. The van der Waals surface area contributed by atoms with Crippen molar-refractivity contribution >= 4 is 0 Å². The predicted octanol–water partition coefficient (Wildman–Crippen LogP) is 1.41. The summed E-state index contributed by atoms with van der Waals surface area (Å²) in [7, 11) is 1.98. The zero-order valence-corrected chi connectivity index (χ0v) is 10.4. The molecule has 2 N–H and O–H groups in total. The van der Waals surface area contributed by atoms with Gasteiger partial charge in [-0.15, -0.1) is 0 Å². The highest BCUT2D eigenvalue weighted by atomic mass is 16.5. The van der Waals surface area contributed by atoms with Crippen LogP contribution in [0.15, 0.2) is 0 Å². The second-order valence-electron chi connectivity index (χ2n) is 5.34. The second-order valence-corrected chi connectivity index (χ2v) is 5.34. The molecule has 0 heterocycles. The van der Waals surface area contributed by atoms with Gasteiger partial charge in [0, 0.05) is 0 Å². The molecule has 15 heavy (non-hydrogen) atoms. The van der Waals surface area contributed by atoms with Crippen molar-refractivity contribution < 1.29 is 9.84 Å². The molecule has 0 radical (unpaired) electrons. The zero-order valence-electron chi connectivity index (χ0n) is 10.4. The minimum absolute atomic E-state index is 0.241. The summed E-state index contributed by atoms with van der Waals surface area (Å²) in [4.78, 5) is 0. The van der Waals surface area contributed by atoms with Gasteiger partial charge in [0.2, 0.25) is 0 Å². The first-order valence-electron chi connectivity index (χ1n) is 5.94. The van der Waals surface area contributed by atoms with E-state index in [-0.39, 0.29) is 5.92 Å². The maximum atomic E-state index is 9.99. The van der Waals surface area contributed by atoms with E-state index in [2.05, 4.69) is 5.32 Å². The van der Waals surface area contributed by atoms with E-state index in [1.54, 1.807) is 0 Å². The van der Waals surface area contributed by atoms with Gasteiger partial charge in [-0.2, -0.15) is 0 Å². The lowest BCUT2D eigenvalue weighted by Gasteiger charge is -2.37. The van der Waals surface area contributed by atoms with Gasteiger partial charge < -0.3 is 15.2 Å². The summed E-state index contributed by atoms with van der Waals surface area (Å²) in [6, 6.07) is 0. The lowest BCUT2D eigenvalue weighted by molar-refractivity contribution is -0.115. The van der Waals surface area contributed by atoms with Gasteiger partial charge in [-0.3, -0.25) is 0 Å². The molecule has 0 aromatic carbocycles. The summed E-state index contributed by atoms with van der Waals surface area (Å²) in [5.41, 5.74) is -0.686. The highest BCUT2D eigenvalue weighted by molar-refractivity contribution is 4.83. The SMILES string of the molecule is CNCC1CC(OCC(C)(O)C(C)C)C1. The predicted molar refractivity (Wildman–Crippen MR) is 61.9 cm³/mol. The summed E-state index contributed by atoms with van der Waals surface area (Å²) >= 11 is 0. The molecule has 0 saturated heterocycles. The molecule has 90 valence electrons. The number of hydrogen-bond donors (Lipinski definition) is 2. The molecule has 1 aliphatic carbocycles. The molecule has 3 heteroatoms. The van der Waals surface area contributed by atoms with Gasteiger partial charge in [0.05, 0.1) is 18.3 Å².